The molecule has 1 N–H and O–H groups in total. The highest BCUT2D eigenvalue weighted by Crippen LogP contribution is 2.38. The van der Waals surface area contributed by atoms with Gasteiger partial charge in [0.05, 0.1) is 18.3 Å². The van der Waals surface area contributed by atoms with E-state index in [4.69, 9.17) is 4.74 Å². The third kappa shape index (κ3) is 4.06. The number of nitrogens with one attached hydrogen (secondary N) is 1. The van der Waals surface area contributed by atoms with Gasteiger partial charge in [-0.1, -0.05) is 49.2 Å². The predicted molar refractivity (Wildman–Crippen MR) is 110 cm³/mol. The number of hydrogen-bond acceptors (Lipinski definition) is 5. The number of nitrogens with zero attached hydrogens (tertiary/aromatic N) is 1. The van der Waals surface area contributed by atoms with Crippen molar-refractivity contribution in [3.8, 4) is 0 Å². The van der Waals surface area contributed by atoms with E-state index in [9.17, 15) is 19.2 Å². The van der Waals surface area contributed by atoms with E-state index < -0.39 is 18.5 Å². The summed E-state index contributed by atoms with van der Waals surface area (Å²) in [5.41, 5.74) is 0.644. The van der Waals surface area contributed by atoms with Crippen LogP contribution in [0.1, 0.15) is 32.1 Å². The lowest BCUT2D eigenvalue weighted by Gasteiger charge is -2.19. The number of imide groups is 1. The van der Waals surface area contributed by atoms with Crippen LogP contribution in [0.3, 0.4) is 0 Å². The Morgan fingerprint density at radius 3 is 2.37 bits per heavy atom. The van der Waals surface area contributed by atoms with Crippen LogP contribution in [0.5, 0.6) is 0 Å². The van der Waals surface area contributed by atoms with E-state index in [1.165, 1.54) is 4.90 Å². The van der Waals surface area contributed by atoms with Gasteiger partial charge in [0.1, 0.15) is 0 Å². The number of likely N-dealkylation sites (tertiary alicyclic amines) is 1. The average Bonchev–Trinajstić information content (AvgIpc) is 3.01. The SMILES string of the molecule is O=C(COC(=O)CCN1C(=O)[C@H]2CCCC[C@@H]2C1=O)Nc1cccc2ccccc12. The molecule has 2 aliphatic rings. The number of fused-ring (bicyclic) bond motifs is 2. The Balaban J connectivity index is 1.26. The summed E-state index contributed by atoms with van der Waals surface area (Å²) in [5.74, 6) is -1.86. The lowest BCUT2D eigenvalue weighted by atomic mass is 9.81. The number of esters is 1. The van der Waals surface area contributed by atoms with Gasteiger partial charge in [-0.25, -0.2) is 0 Å². The monoisotopic (exact) mass is 408 g/mol. The molecule has 7 heteroatoms. The number of rotatable bonds is 6. The Morgan fingerprint density at radius 2 is 1.63 bits per heavy atom. The van der Waals surface area contributed by atoms with E-state index in [2.05, 4.69) is 5.32 Å². The second kappa shape index (κ2) is 8.65. The molecule has 0 aromatic heterocycles. The molecule has 2 fully saturated rings. The van der Waals surface area contributed by atoms with E-state index in [0.29, 0.717) is 5.69 Å². The van der Waals surface area contributed by atoms with E-state index in [1.807, 2.05) is 36.4 Å². The molecule has 1 saturated heterocycles. The molecule has 1 aliphatic heterocycles. The van der Waals surface area contributed by atoms with Crippen LogP contribution in [0.4, 0.5) is 5.69 Å². The van der Waals surface area contributed by atoms with Crippen molar-refractivity contribution >= 4 is 40.2 Å². The minimum absolute atomic E-state index is 0.00837. The highest BCUT2D eigenvalue weighted by atomic mass is 16.5. The summed E-state index contributed by atoms with van der Waals surface area (Å²) in [5, 5.41) is 4.64. The van der Waals surface area contributed by atoms with Gasteiger partial charge in [0, 0.05) is 17.6 Å². The molecule has 0 spiro atoms. The van der Waals surface area contributed by atoms with Gasteiger partial charge in [-0.3, -0.25) is 24.1 Å². The molecule has 1 saturated carbocycles. The van der Waals surface area contributed by atoms with Gasteiger partial charge in [0.15, 0.2) is 6.61 Å². The van der Waals surface area contributed by atoms with Crippen LogP contribution in [0.15, 0.2) is 42.5 Å². The summed E-state index contributed by atoms with van der Waals surface area (Å²) >= 11 is 0. The van der Waals surface area contributed by atoms with Gasteiger partial charge in [-0.15, -0.1) is 0 Å². The first-order chi connectivity index (χ1) is 14.5. The zero-order chi connectivity index (χ0) is 21.1. The van der Waals surface area contributed by atoms with Gasteiger partial charge >= 0.3 is 5.97 Å². The summed E-state index contributed by atoms with van der Waals surface area (Å²) in [4.78, 5) is 50.3. The maximum absolute atomic E-state index is 12.4. The number of benzene rings is 2. The molecule has 0 unspecified atom stereocenters. The summed E-state index contributed by atoms with van der Waals surface area (Å²) in [6, 6.07) is 13.2. The Hall–Kier alpha value is -3.22. The molecule has 2 atom stereocenters. The van der Waals surface area contributed by atoms with Gasteiger partial charge in [-0.2, -0.15) is 0 Å². The minimum Gasteiger partial charge on any atom is -0.456 e. The van der Waals surface area contributed by atoms with Crippen molar-refractivity contribution < 1.29 is 23.9 Å². The van der Waals surface area contributed by atoms with Crippen LogP contribution in [0, 0.1) is 11.8 Å². The van der Waals surface area contributed by atoms with E-state index in [1.54, 1.807) is 6.07 Å². The molecule has 3 amide bonds. The number of hydrogen-bond donors (Lipinski definition) is 1. The molecule has 2 aromatic rings. The van der Waals surface area contributed by atoms with Crippen LogP contribution in [0.2, 0.25) is 0 Å². The van der Waals surface area contributed by atoms with Crippen LogP contribution in [-0.4, -0.2) is 41.7 Å². The largest absolute Gasteiger partial charge is 0.456 e. The number of anilines is 1. The number of carbonyl (C=O) groups excluding carboxylic acids is 4. The van der Waals surface area contributed by atoms with Gasteiger partial charge < -0.3 is 10.1 Å². The first-order valence-corrected chi connectivity index (χ1v) is 10.3. The number of ether oxygens (including phenoxy) is 1. The third-order valence-corrected chi connectivity index (χ3v) is 5.90. The molecule has 30 heavy (non-hydrogen) atoms. The normalized spacial score (nSPS) is 20.9. The van der Waals surface area contributed by atoms with Crippen molar-refractivity contribution in [3.63, 3.8) is 0 Å². The Morgan fingerprint density at radius 1 is 0.967 bits per heavy atom. The van der Waals surface area contributed by atoms with Crippen molar-refractivity contribution in [2.24, 2.45) is 11.8 Å². The van der Waals surface area contributed by atoms with Crippen molar-refractivity contribution in [2.75, 3.05) is 18.5 Å². The molecule has 2 aromatic carbocycles. The first kappa shape index (κ1) is 20.1. The van der Waals surface area contributed by atoms with Crippen molar-refractivity contribution in [1.82, 2.24) is 4.90 Å². The summed E-state index contributed by atoms with van der Waals surface area (Å²) < 4.78 is 5.04. The van der Waals surface area contributed by atoms with Gasteiger partial charge in [-0.05, 0) is 24.3 Å². The van der Waals surface area contributed by atoms with Crippen molar-refractivity contribution in [2.45, 2.75) is 32.1 Å². The molecule has 0 radical (unpaired) electrons. The number of amides is 3. The van der Waals surface area contributed by atoms with Crippen LogP contribution in [-0.2, 0) is 23.9 Å². The maximum atomic E-state index is 12.4. The maximum Gasteiger partial charge on any atom is 0.308 e. The predicted octanol–water partition coefficient (Wildman–Crippen LogP) is 2.89. The van der Waals surface area contributed by atoms with Crippen molar-refractivity contribution in [3.05, 3.63) is 42.5 Å². The van der Waals surface area contributed by atoms with Crippen LogP contribution < -0.4 is 5.32 Å². The highest BCUT2D eigenvalue weighted by Gasteiger charge is 2.47. The second-order valence-electron chi connectivity index (χ2n) is 7.81. The highest BCUT2D eigenvalue weighted by molar-refractivity contribution is 6.05. The smallest absolute Gasteiger partial charge is 0.308 e. The lowest BCUT2D eigenvalue weighted by Crippen LogP contribution is -2.33. The summed E-state index contributed by atoms with van der Waals surface area (Å²) in [6.07, 6.45) is 3.29. The fourth-order valence-corrected chi connectivity index (χ4v) is 4.39. The van der Waals surface area contributed by atoms with E-state index >= 15 is 0 Å². The topological polar surface area (TPSA) is 92.8 Å². The van der Waals surface area contributed by atoms with E-state index in [0.717, 1.165) is 36.5 Å². The van der Waals surface area contributed by atoms with Crippen LogP contribution >= 0.6 is 0 Å². The minimum atomic E-state index is -0.612. The van der Waals surface area contributed by atoms with E-state index in [-0.39, 0.29) is 36.6 Å². The zero-order valence-electron chi connectivity index (χ0n) is 16.6. The molecule has 1 aliphatic carbocycles. The molecule has 1 heterocycles. The standard InChI is InChI=1S/C23H24N2O5/c26-20(24-19-11-5-7-15-6-1-2-8-16(15)19)14-30-21(27)12-13-25-22(28)17-9-3-4-10-18(17)23(25)29/h1-2,5-8,11,17-18H,3-4,9-10,12-14H2,(H,24,26)/t17-,18-/m0/s1. The van der Waals surface area contributed by atoms with Crippen LogP contribution in [0.25, 0.3) is 10.8 Å². The molecular weight excluding hydrogens is 384 g/mol. The third-order valence-electron chi connectivity index (χ3n) is 5.90. The Labute approximate surface area is 174 Å². The fourth-order valence-electron chi connectivity index (χ4n) is 4.39. The summed E-state index contributed by atoms with van der Waals surface area (Å²) in [7, 11) is 0. The van der Waals surface area contributed by atoms with Gasteiger partial charge in [0.25, 0.3) is 5.91 Å². The average molecular weight is 408 g/mol. The number of carbonyl (C=O) groups is 4. The molecule has 7 nitrogen and oxygen atoms in total. The van der Waals surface area contributed by atoms with Gasteiger partial charge in [0.2, 0.25) is 11.8 Å². The van der Waals surface area contributed by atoms with Crippen molar-refractivity contribution in [1.29, 1.82) is 0 Å². The zero-order valence-corrected chi connectivity index (χ0v) is 16.6. The fraction of sp³-hybridized carbons (Fsp3) is 0.391. The molecule has 4 rings (SSSR count). The Bertz CT molecular complexity index is 973. The second-order valence-corrected chi connectivity index (χ2v) is 7.81. The molecular formula is C23H24N2O5. The lowest BCUT2D eigenvalue weighted by molar-refractivity contribution is -0.148. The first-order valence-electron chi connectivity index (χ1n) is 10.3. The molecule has 156 valence electrons. The summed E-state index contributed by atoms with van der Waals surface area (Å²) in [6.45, 7) is -0.413. The Kier molecular flexibility index (Phi) is 5.79. The molecule has 0 bridgehead atoms. The quantitative estimate of drug-likeness (QED) is 0.586.